The number of nitrogens with one attached hydrogen (secondary N) is 2. The summed E-state index contributed by atoms with van der Waals surface area (Å²) in [4.78, 5) is 12.0. The summed E-state index contributed by atoms with van der Waals surface area (Å²) in [6.45, 7) is 6.24. The maximum atomic E-state index is 12.0. The lowest BCUT2D eigenvalue weighted by atomic mass is 9.94. The fourth-order valence-corrected chi connectivity index (χ4v) is 2.83. The van der Waals surface area contributed by atoms with Gasteiger partial charge in [0.2, 0.25) is 5.91 Å². The molecule has 1 amide bonds. The number of hydrogen-bond donors (Lipinski definition) is 2. The first kappa shape index (κ1) is 18.5. The maximum absolute atomic E-state index is 12.0. The van der Waals surface area contributed by atoms with Crippen LogP contribution in [0.1, 0.15) is 30.9 Å². The molecule has 1 heterocycles. The van der Waals surface area contributed by atoms with E-state index >= 15 is 0 Å². The average molecular weight is 376 g/mol. The summed E-state index contributed by atoms with van der Waals surface area (Å²) in [5, 5.41) is 6.49. The average Bonchev–Trinajstić information content (AvgIpc) is 2.43. The van der Waals surface area contributed by atoms with Crippen LogP contribution in [0.25, 0.3) is 0 Å². The topological polar surface area (TPSA) is 41.1 Å². The summed E-state index contributed by atoms with van der Waals surface area (Å²) >= 11 is 3.50. The summed E-state index contributed by atoms with van der Waals surface area (Å²) < 4.78 is 1.12. The standard InChI is InChI=1S/C16H23BrN2O.ClH/c1-11-7-8-18-10-15(11)19-16(20)6-4-13-3-5-14(17)12(2)9-13;/h3,5,9,11,15,18H,4,6-8,10H2,1-2H3,(H,19,20);1H. The van der Waals surface area contributed by atoms with Crippen LogP contribution in [0.3, 0.4) is 0 Å². The lowest BCUT2D eigenvalue weighted by Gasteiger charge is -2.30. The van der Waals surface area contributed by atoms with Crippen LogP contribution in [0, 0.1) is 12.8 Å². The minimum atomic E-state index is 0. The van der Waals surface area contributed by atoms with E-state index in [-0.39, 0.29) is 24.4 Å². The molecule has 0 spiro atoms. The highest BCUT2D eigenvalue weighted by Crippen LogP contribution is 2.18. The zero-order valence-electron chi connectivity index (χ0n) is 12.6. The van der Waals surface area contributed by atoms with E-state index in [4.69, 9.17) is 0 Å². The first-order valence-electron chi connectivity index (χ1n) is 7.31. The van der Waals surface area contributed by atoms with Crippen LogP contribution in [-0.4, -0.2) is 25.0 Å². The van der Waals surface area contributed by atoms with E-state index in [2.05, 4.69) is 58.6 Å². The quantitative estimate of drug-likeness (QED) is 0.848. The van der Waals surface area contributed by atoms with Gasteiger partial charge < -0.3 is 10.6 Å². The second kappa shape index (κ2) is 8.76. The van der Waals surface area contributed by atoms with Gasteiger partial charge in [-0.1, -0.05) is 35.0 Å². The number of aryl methyl sites for hydroxylation is 2. The third kappa shape index (κ3) is 5.61. The Morgan fingerprint density at radius 1 is 1.48 bits per heavy atom. The van der Waals surface area contributed by atoms with Gasteiger partial charge in [-0.15, -0.1) is 12.4 Å². The molecule has 21 heavy (non-hydrogen) atoms. The van der Waals surface area contributed by atoms with Crippen LogP contribution in [0.4, 0.5) is 0 Å². The van der Waals surface area contributed by atoms with Gasteiger partial charge in [-0.05, 0) is 49.4 Å². The molecule has 1 aliphatic heterocycles. The van der Waals surface area contributed by atoms with Gasteiger partial charge in [-0.2, -0.15) is 0 Å². The van der Waals surface area contributed by atoms with Crippen molar-refractivity contribution >= 4 is 34.2 Å². The van der Waals surface area contributed by atoms with E-state index in [1.807, 2.05) is 0 Å². The molecule has 0 aliphatic carbocycles. The monoisotopic (exact) mass is 374 g/mol. The second-order valence-electron chi connectivity index (χ2n) is 5.73. The van der Waals surface area contributed by atoms with Gasteiger partial charge in [0, 0.05) is 23.5 Å². The molecule has 0 aromatic heterocycles. The second-order valence-corrected chi connectivity index (χ2v) is 6.58. The molecule has 118 valence electrons. The van der Waals surface area contributed by atoms with Crippen molar-refractivity contribution in [2.24, 2.45) is 5.92 Å². The molecule has 2 atom stereocenters. The van der Waals surface area contributed by atoms with Gasteiger partial charge in [0.1, 0.15) is 0 Å². The highest BCUT2D eigenvalue weighted by Gasteiger charge is 2.22. The number of rotatable bonds is 4. The summed E-state index contributed by atoms with van der Waals surface area (Å²) in [5.74, 6) is 0.723. The number of piperidine rings is 1. The van der Waals surface area contributed by atoms with Crippen LogP contribution in [0.2, 0.25) is 0 Å². The highest BCUT2D eigenvalue weighted by atomic mass is 79.9. The molecule has 1 aromatic rings. The number of carbonyl (C=O) groups excluding carboxylic acids is 1. The zero-order chi connectivity index (χ0) is 14.5. The molecule has 1 fully saturated rings. The van der Waals surface area contributed by atoms with Crippen LogP contribution in [-0.2, 0) is 11.2 Å². The van der Waals surface area contributed by atoms with Crippen LogP contribution >= 0.6 is 28.3 Å². The Hall–Kier alpha value is -0.580. The smallest absolute Gasteiger partial charge is 0.220 e. The van der Waals surface area contributed by atoms with Gasteiger partial charge in [0.15, 0.2) is 0 Å². The Bertz CT molecular complexity index is 481. The van der Waals surface area contributed by atoms with Gasteiger partial charge in [-0.25, -0.2) is 0 Å². The molecule has 2 unspecified atom stereocenters. The molecular formula is C16H24BrClN2O. The summed E-state index contributed by atoms with van der Waals surface area (Å²) in [6, 6.07) is 6.55. The third-order valence-corrected chi connectivity index (χ3v) is 4.93. The number of hydrogen-bond acceptors (Lipinski definition) is 2. The molecular weight excluding hydrogens is 352 g/mol. The van der Waals surface area contributed by atoms with E-state index in [9.17, 15) is 4.79 Å². The van der Waals surface area contributed by atoms with Crippen molar-refractivity contribution in [3.8, 4) is 0 Å². The van der Waals surface area contributed by atoms with Gasteiger partial charge in [0.25, 0.3) is 0 Å². The number of amides is 1. The minimum absolute atomic E-state index is 0. The predicted octanol–water partition coefficient (Wildman–Crippen LogP) is 3.23. The van der Waals surface area contributed by atoms with Gasteiger partial charge >= 0.3 is 0 Å². The molecule has 0 saturated carbocycles. The van der Waals surface area contributed by atoms with Crippen molar-refractivity contribution < 1.29 is 4.79 Å². The van der Waals surface area contributed by atoms with Crippen molar-refractivity contribution in [1.82, 2.24) is 10.6 Å². The Balaban J connectivity index is 0.00000220. The molecule has 5 heteroatoms. The number of halogens is 2. The molecule has 1 saturated heterocycles. The lowest BCUT2D eigenvalue weighted by Crippen LogP contribution is -2.50. The minimum Gasteiger partial charge on any atom is -0.352 e. The fourth-order valence-electron chi connectivity index (χ4n) is 2.58. The van der Waals surface area contributed by atoms with Gasteiger partial charge in [0.05, 0.1) is 0 Å². The highest BCUT2D eigenvalue weighted by molar-refractivity contribution is 9.10. The van der Waals surface area contributed by atoms with Crippen LogP contribution < -0.4 is 10.6 Å². The van der Waals surface area contributed by atoms with Crippen LogP contribution in [0.5, 0.6) is 0 Å². The first-order valence-corrected chi connectivity index (χ1v) is 8.10. The SMILES string of the molecule is Cc1cc(CCC(=O)NC2CNCCC2C)ccc1Br.Cl. The molecule has 3 nitrogen and oxygen atoms in total. The van der Waals surface area contributed by atoms with E-state index in [0.717, 1.165) is 30.4 Å². The van der Waals surface area contributed by atoms with Crippen molar-refractivity contribution in [2.75, 3.05) is 13.1 Å². The van der Waals surface area contributed by atoms with Crippen molar-refractivity contribution in [3.63, 3.8) is 0 Å². The maximum Gasteiger partial charge on any atom is 0.220 e. The number of benzene rings is 1. The zero-order valence-corrected chi connectivity index (χ0v) is 15.0. The van der Waals surface area contributed by atoms with Gasteiger partial charge in [-0.3, -0.25) is 4.79 Å². The van der Waals surface area contributed by atoms with E-state index < -0.39 is 0 Å². The Morgan fingerprint density at radius 2 is 2.24 bits per heavy atom. The van der Waals surface area contributed by atoms with Crippen molar-refractivity contribution in [1.29, 1.82) is 0 Å². The number of carbonyl (C=O) groups is 1. The van der Waals surface area contributed by atoms with E-state index in [1.165, 1.54) is 11.1 Å². The fraction of sp³-hybridized carbons (Fsp3) is 0.562. The third-order valence-electron chi connectivity index (χ3n) is 4.04. The molecule has 1 aliphatic rings. The largest absolute Gasteiger partial charge is 0.352 e. The van der Waals surface area contributed by atoms with Crippen molar-refractivity contribution in [3.05, 3.63) is 33.8 Å². The Labute approximate surface area is 141 Å². The molecule has 0 bridgehead atoms. The predicted molar refractivity (Wildman–Crippen MR) is 93.0 cm³/mol. The molecule has 2 rings (SSSR count). The Kier molecular flexibility index (Phi) is 7.71. The molecule has 1 aromatic carbocycles. The lowest BCUT2D eigenvalue weighted by molar-refractivity contribution is -0.122. The van der Waals surface area contributed by atoms with Crippen molar-refractivity contribution in [2.45, 2.75) is 39.2 Å². The summed E-state index contributed by atoms with van der Waals surface area (Å²) in [7, 11) is 0. The van der Waals surface area contributed by atoms with E-state index in [1.54, 1.807) is 0 Å². The van der Waals surface area contributed by atoms with E-state index in [0.29, 0.717) is 12.3 Å². The first-order chi connectivity index (χ1) is 9.56. The normalized spacial score (nSPS) is 21.5. The molecule has 2 N–H and O–H groups in total. The Morgan fingerprint density at radius 3 is 2.90 bits per heavy atom. The summed E-state index contributed by atoms with van der Waals surface area (Å²) in [6.07, 6.45) is 2.50. The molecule has 0 radical (unpaired) electrons. The summed E-state index contributed by atoms with van der Waals surface area (Å²) in [5.41, 5.74) is 2.43. The van der Waals surface area contributed by atoms with Crippen LogP contribution in [0.15, 0.2) is 22.7 Å².